The number of aryl methyl sites for hydroxylation is 1. The summed E-state index contributed by atoms with van der Waals surface area (Å²) in [6, 6.07) is 13.4. The van der Waals surface area contributed by atoms with Crippen LogP contribution in [0.3, 0.4) is 0 Å². The molecular formula is C22H19N3O3S. The van der Waals surface area contributed by atoms with Gasteiger partial charge in [0.15, 0.2) is 17.3 Å². The SMILES string of the molecule is C=CCOc1ccc(/C=c2/sc3nc(-c4ccc(C)cc4)nn3c2=O)cc1OC. The first-order valence-electron chi connectivity index (χ1n) is 8.99. The molecule has 0 saturated heterocycles. The van der Waals surface area contributed by atoms with E-state index in [1.165, 1.54) is 15.9 Å². The molecule has 0 amide bonds. The fraction of sp³-hybridized carbons (Fsp3) is 0.136. The summed E-state index contributed by atoms with van der Waals surface area (Å²) in [5.41, 5.74) is 2.68. The van der Waals surface area contributed by atoms with E-state index in [-0.39, 0.29) is 5.56 Å². The predicted molar refractivity (Wildman–Crippen MR) is 115 cm³/mol. The largest absolute Gasteiger partial charge is 0.493 e. The first-order valence-corrected chi connectivity index (χ1v) is 9.81. The third kappa shape index (κ3) is 3.77. The van der Waals surface area contributed by atoms with Gasteiger partial charge in [0, 0.05) is 5.56 Å². The molecule has 0 atom stereocenters. The molecule has 29 heavy (non-hydrogen) atoms. The van der Waals surface area contributed by atoms with Crippen LogP contribution in [-0.2, 0) is 0 Å². The molecule has 0 unspecified atom stereocenters. The van der Waals surface area contributed by atoms with E-state index in [1.807, 2.05) is 49.4 Å². The van der Waals surface area contributed by atoms with Crippen LogP contribution in [0.2, 0.25) is 0 Å². The third-order valence-corrected chi connectivity index (χ3v) is 5.29. The predicted octanol–water partition coefficient (Wildman–Crippen LogP) is 3.25. The van der Waals surface area contributed by atoms with Crippen LogP contribution in [0.25, 0.3) is 22.4 Å². The maximum absolute atomic E-state index is 12.8. The fourth-order valence-electron chi connectivity index (χ4n) is 2.85. The molecule has 2 heterocycles. The molecule has 0 saturated carbocycles. The molecule has 0 aliphatic carbocycles. The minimum Gasteiger partial charge on any atom is -0.493 e. The maximum atomic E-state index is 12.8. The summed E-state index contributed by atoms with van der Waals surface area (Å²) in [4.78, 5) is 17.8. The van der Waals surface area contributed by atoms with Crippen LogP contribution in [0.15, 0.2) is 59.9 Å². The Bertz CT molecular complexity index is 1290. The van der Waals surface area contributed by atoms with Gasteiger partial charge in [0.2, 0.25) is 4.96 Å². The molecule has 4 rings (SSSR count). The lowest BCUT2D eigenvalue weighted by molar-refractivity contribution is 0.326. The second kappa shape index (κ2) is 7.89. The monoisotopic (exact) mass is 405 g/mol. The van der Waals surface area contributed by atoms with Gasteiger partial charge in [-0.15, -0.1) is 5.10 Å². The highest BCUT2D eigenvalue weighted by Gasteiger charge is 2.12. The molecule has 0 N–H and O–H groups in total. The molecule has 2 aromatic heterocycles. The maximum Gasteiger partial charge on any atom is 0.291 e. The summed E-state index contributed by atoms with van der Waals surface area (Å²) in [6.07, 6.45) is 3.47. The molecule has 146 valence electrons. The summed E-state index contributed by atoms with van der Waals surface area (Å²) in [5.74, 6) is 1.76. The van der Waals surface area contributed by atoms with Crippen molar-refractivity contribution in [1.82, 2.24) is 14.6 Å². The number of thiazole rings is 1. The Kier molecular flexibility index (Phi) is 5.14. The lowest BCUT2D eigenvalue weighted by atomic mass is 10.1. The van der Waals surface area contributed by atoms with Crippen molar-refractivity contribution in [2.45, 2.75) is 6.92 Å². The average molecular weight is 405 g/mol. The summed E-state index contributed by atoms with van der Waals surface area (Å²) in [5, 5.41) is 4.39. The third-order valence-electron chi connectivity index (χ3n) is 4.33. The van der Waals surface area contributed by atoms with Gasteiger partial charge in [-0.2, -0.15) is 9.50 Å². The molecule has 0 spiro atoms. The molecule has 2 aromatic carbocycles. The zero-order chi connectivity index (χ0) is 20.4. The van der Waals surface area contributed by atoms with Crippen molar-refractivity contribution in [1.29, 1.82) is 0 Å². The Hall–Kier alpha value is -3.45. The van der Waals surface area contributed by atoms with E-state index in [2.05, 4.69) is 16.7 Å². The van der Waals surface area contributed by atoms with Crippen LogP contribution in [0.1, 0.15) is 11.1 Å². The zero-order valence-corrected chi connectivity index (χ0v) is 16.9. The Balaban J connectivity index is 1.71. The van der Waals surface area contributed by atoms with Gasteiger partial charge in [-0.1, -0.05) is 59.9 Å². The first kappa shape index (κ1) is 18.9. The highest BCUT2D eigenvalue weighted by atomic mass is 32.1. The number of nitrogens with zero attached hydrogens (tertiary/aromatic N) is 3. The summed E-state index contributed by atoms with van der Waals surface area (Å²) in [7, 11) is 1.58. The van der Waals surface area contributed by atoms with Gasteiger partial charge >= 0.3 is 0 Å². The number of aromatic nitrogens is 3. The van der Waals surface area contributed by atoms with Crippen LogP contribution in [0.5, 0.6) is 11.5 Å². The standard InChI is InChI=1S/C22H19N3O3S/c1-4-11-28-17-10-7-15(12-18(17)27-3)13-19-21(26)25-22(29-19)23-20(24-25)16-8-5-14(2)6-9-16/h4-10,12-13H,1,11H2,2-3H3/b19-13+. The molecule has 0 aliphatic heterocycles. The highest BCUT2D eigenvalue weighted by Crippen LogP contribution is 2.28. The van der Waals surface area contributed by atoms with E-state index in [1.54, 1.807) is 19.3 Å². The van der Waals surface area contributed by atoms with Gasteiger partial charge in [-0.05, 0) is 30.7 Å². The van der Waals surface area contributed by atoms with Crippen LogP contribution < -0.4 is 19.6 Å². The number of methoxy groups -OCH3 is 1. The van der Waals surface area contributed by atoms with Crippen molar-refractivity contribution in [3.8, 4) is 22.9 Å². The Morgan fingerprint density at radius 1 is 1.17 bits per heavy atom. The van der Waals surface area contributed by atoms with E-state index < -0.39 is 0 Å². The molecular weight excluding hydrogens is 386 g/mol. The van der Waals surface area contributed by atoms with Gasteiger partial charge in [0.05, 0.1) is 11.6 Å². The highest BCUT2D eigenvalue weighted by molar-refractivity contribution is 7.15. The number of rotatable bonds is 6. The lowest BCUT2D eigenvalue weighted by Gasteiger charge is -2.09. The van der Waals surface area contributed by atoms with Crippen molar-refractivity contribution in [2.24, 2.45) is 0 Å². The topological polar surface area (TPSA) is 65.7 Å². The lowest BCUT2D eigenvalue weighted by Crippen LogP contribution is -2.23. The summed E-state index contributed by atoms with van der Waals surface area (Å²) in [6.45, 7) is 6.05. The van der Waals surface area contributed by atoms with Crippen molar-refractivity contribution >= 4 is 22.4 Å². The second-order valence-corrected chi connectivity index (χ2v) is 7.43. The minimum absolute atomic E-state index is 0.193. The van der Waals surface area contributed by atoms with E-state index >= 15 is 0 Å². The van der Waals surface area contributed by atoms with Crippen molar-refractivity contribution < 1.29 is 9.47 Å². The van der Waals surface area contributed by atoms with Crippen molar-refractivity contribution in [3.05, 3.63) is 81.1 Å². The van der Waals surface area contributed by atoms with E-state index in [0.717, 1.165) is 16.7 Å². The van der Waals surface area contributed by atoms with E-state index in [0.29, 0.717) is 33.4 Å². The van der Waals surface area contributed by atoms with Crippen LogP contribution in [0.4, 0.5) is 0 Å². The average Bonchev–Trinajstić information content (AvgIpc) is 3.27. The molecule has 4 aromatic rings. The summed E-state index contributed by atoms with van der Waals surface area (Å²) >= 11 is 1.30. The van der Waals surface area contributed by atoms with Crippen LogP contribution in [-0.4, -0.2) is 28.3 Å². The number of benzene rings is 2. The van der Waals surface area contributed by atoms with Crippen molar-refractivity contribution in [2.75, 3.05) is 13.7 Å². The number of hydrogen-bond acceptors (Lipinski definition) is 6. The van der Waals surface area contributed by atoms with E-state index in [4.69, 9.17) is 9.47 Å². The van der Waals surface area contributed by atoms with Gasteiger partial charge in [0.25, 0.3) is 5.56 Å². The smallest absolute Gasteiger partial charge is 0.291 e. The minimum atomic E-state index is -0.193. The molecule has 0 aliphatic rings. The molecule has 0 fully saturated rings. The van der Waals surface area contributed by atoms with Crippen molar-refractivity contribution in [3.63, 3.8) is 0 Å². The summed E-state index contributed by atoms with van der Waals surface area (Å²) < 4.78 is 12.9. The Labute approximate surface area is 171 Å². The molecule has 0 bridgehead atoms. The van der Waals surface area contributed by atoms with Gasteiger partial charge in [-0.3, -0.25) is 4.79 Å². The number of fused-ring (bicyclic) bond motifs is 1. The number of hydrogen-bond donors (Lipinski definition) is 0. The van der Waals surface area contributed by atoms with Gasteiger partial charge in [-0.25, -0.2) is 0 Å². The quantitative estimate of drug-likeness (QED) is 0.461. The van der Waals surface area contributed by atoms with Gasteiger partial charge in [0.1, 0.15) is 6.61 Å². The van der Waals surface area contributed by atoms with Gasteiger partial charge < -0.3 is 9.47 Å². The first-order chi connectivity index (χ1) is 14.1. The normalized spacial score (nSPS) is 11.7. The molecule has 6 nitrogen and oxygen atoms in total. The van der Waals surface area contributed by atoms with E-state index in [9.17, 15) is 4.79 Å². The zero-order valence-electron chi connectivity index (χ0n) is 16.1. The molecule has 0 radical (unpaired) electrons. The second-order valence-electron chi connectivity index (χ2n) is 6.42. The molecule has 7 heteroatoms. The Morgan fingerprint density at radius 3 is 2.66 bits per heavy atom. The van der Waals surface area contributed by atoms with Crippen LogP contribution in [0, 0.1) is 6.92 Å². The fourth-order valence-corrected chi connectivity index (χ4v) is 3.76. The Morgan fingerprint density at radius 2 is 1.97 bits per heavy atom. The number of ether oxygens (including phenoxy) is 2. The van der Waals surface area contributed by atoms with Crippen LogP contribution >= 0.6 is 11.3 Å².